The third kappa shape index (κ3) is 2.84. The third-order valence-electron chi connectivity index (χ3n) is 1.96. The molecule has 1 aromatic rings. The number of carbonyl (C=O) groups is 1. The lowest BCUT2D eigenvalue weighted by Crippen LogP contribution is -2.01. The highest BCUT2D eigenvalue weighted by atomic mass is 16.5. The van der Waals surface area contributed by atoms with E-state index < -0.39 is 5.97 Å². The van der Waals surface area contributed by atoms with Crippen molar-refractivity contribution in [2.45, 2.75) is 20.3 Å². The van der Waals surface area contributed by atoms with Crippen molar-refractivity contribution in [2.75, 3.05) is 0 Å². The Hall–Kier alpha value is -1.77. The molecule has 0 heterocycles. The van der Waals surface area contributed by atoms with E-state index in [2.05, 4.69) is 0 Å². The van der Waals surface area contributed by atoms with Crippen LogP contribution in [0.5, 0.6) is 5.75 Å². The number of hydrogen-bond acceptors (Lipinski definition) is 3. The minimum absolute atomic E-state index is 0.0209. The van der Waals surface area contributed by atoms with Gasteiger partial charge in [0.25, 0.3) is 0 Å². The van der Waals surface area contributed by atoms with E-state index in [1.165, 1.54) is 12.3 Å². The Bertz CT molecular complexity index is 380. The van der Waals surface area contributed by atoms with Gasteiger partial charge in [-0.2, -0.15) is 0 Å². The molecule has 3 heteroatoms. The summed E-state index contributed by atoms with van der Waals surface area (Å²) in [4.78, 5) is 11.5. The first-order valence-corrected chi connectivity index (χ1v) is 4.81. The average Bonchev–Trinajstić information content (AvgIpc) is 2.22. The summed E-state index contributed by atoms with van der Waals surface area (Å²) in [7, 11) is 0. The van der Waals surface area contributed by atoms with Crippen LogP contribution in [0.15, 0.2) is 30.5 Å². The normalized spacial score (nSPS) is 10.5. The topological polar surface area (TPSA) is 46.5 Å². The Morgan fingerprint density at radius 3 is 2.93 bits per heavy atom. The number of phenolic OH excluding ortho intramolecular Hbond substituents is 1. The molecule has 0 aliphatic heterocycles. The first-order chi connectivity index (χ1) is 7.16. The smallest absolute Gasteiger partial charge is 0.346 e. The maximum atomic E-state index is 11.5. The van der Waals surface area contributed by atoms with Gasteiger partial charge in [0.1, 0.15) is 11.3 Å². The Balaban J connectivity index is 2.82. The van der Waals surface area contributed by atoms with E-state index in [1.54, 1.807) is 25.1 Å². The molecule has 1 rings (SSSR count). The molecule has 0 spiro atoms. The van der Waals surface area contributed by atoms with Gasteiger partial charge in [-0.05, 0) is 31.1 Å². The highest BCUT2D eigenvalue weighted by Gasteiger charge is 2.12. The molecule has 0 aromatic heterocycles. The fourth-order valence-electron chi connectivity index (χ4n) is 1.09. The number of phenols is 1. The molecule has 0 amide bonds. The molecule has 15 heavy (non-hydrogen) atoms. The van der Waals surface area contributed by atoms with Gasteiger partial charge >= 0.3 is 5.97 Å². The summed E-state index contributed by atoms with van der Waals surface area (Å²) < 4.78 is 4.82. The van der Waals surface area contributed by atoms with E-state index in [-0.39, 0.29) is 11.3 Å². The molecule has 0 aliphatic carbocycles. The molecular weight excluding hydrogens is 192 g/mol. The quantitative estimate of drug-likeness (QED) is 0.611. The van der Waals surface area contributed by atoms with Gasteiger partial charge in [-0.15, -0.1) is 0 Å². The maximum Gasteiger partial charge on any atom is 0.346 e. The van der Waals surface area contributed by atoms with Crippen molar-refractivity contribution in [3.8, 4) is 5.75 Å². The molecule has 0 atom stereocenters. The zero-order chi connectivity index (χ0) is 11.3. The molecule has 0 saturated heterocycles. The van der Waals surface area contributed by atoms with E-state index in [4.69, 9.17) is 4.74 Å². The lowest BCUT2D eigenvalue weighted by atomic mass is 10.1. The lowest BCUT2D eigenvalue weighted by molar-refractivity contribution is 0.0659. The minimum atomic E-state index is -0.541. The highest BCUT2D eigenvalue weighted by Crippen LogP contribution is 2.21. The van der Waals surface area contributed by atoms with Crippen molar-refractivity contribution in [3.05, 3.63) is 41.7 Å². The van der Waals surface area contributed by atoms with Gasteiger partial charge in [-0.3, -0.25) is 0 Å². The molecular formula is C12H14O3. The number of allylic oxidation sites excluding steroid dienone is 1. The number of ether oxygens (including phenoxy) is 1. The molecule has 0 bridgehead atoms. The Morgan fingerprint density at radius 2 is 2.27 bits per heavy atom. The van der Waals surface area contributed by atoms with E-state index in [0.717, 1.165) is 6.42 Å². The van der Waals surface area contributed by atoms with Crippen LogP contribution in [0, 0.1) is 6.92 Å². The number of esters is 1. The van der Waals surface area contributed by atoms with Crippen molar-refractivity contribution in [1.82, 2.24) is 0 Å². The summed E-state index contributed by atoms with van der Waals surface area (Å²) in [5.74, 6) is -0.562. The lowest BCUT2D eigenvalue weighted by Gasteiger charge is -2.04. The van der Waals surface area contributed by atoms with E-state index in [9.17, 15) is 9.90 Å². The summed E-state index contributed by atoms with van der Waals surface area (Å²) in [6.45, 7) is 3.67. The van der Waals surface area contributed by atoms with Crippen LogP contribution in [0.1, 0.15) is 29.3 Å². The Kier molecular flexibility index (Phi) is 3.92. The van der Waals surface area contributed by atoms with Crippen LogP contribution >= 0.6 is 0 Å². The molecule has 0 radical (unpaired) electrons. The van der Waals surface area contributed by atoms with Gasteiger partial charge < -0.3 is 9.84 Å². The highest BCUT2D eigenvalue weighted by molar-refractivity contribution is 5.93. The molecule has 0 unspecified atom stereocenters. The summed E-state index contributed by atoms with van der Waals surface area (Å²) in [6, 6.07) is 4.97. The second kappa shape index (κ2) is 5.20. The van der Waals surface area contributed by atoms with Crippen molar-refractivity contribution in [2.24, 2.45) is 0 Å². The molecule has 1 aromatic carbocycles. The summed E-state index contributed by atoms with van der Waals surface area (Å²) in [6.07, 6.45) is 3.86. The van der Waals surface area contributed by atoms with Gasteiger partial charge in [0.2, 0.25) is 0 Å². The van der Waals surface area contributed by atoms with Gasteiger partial charge in [-0.25, -0.2) is 4.79 Å². The van der Waals surface area contributed by atoms with E-state index >= 15 is 0 Å². The summed E-state index contributed by atoms with van der Waals surface area (Å²) in [5, 5.41) is 9.60. The summed E-state index contributed by atoms with van der Waals surface area (Å²) >= 11 is 0. The van der Waals surface area contributed by atoms with Gasteiger partial charge in [0.05, 0.1) is 6.26 Å². The first kappa shape index (κ1) is 11.3. The number of hydrogen-bond donors (Lipinski definition) is 1. The second-order valence-corrected chi connectivity index (χ2v) is 3.16. The number of aryl methyl sites for hydroxylation is 1. The largest absolute Gasteiger partial charge is 0.507 e. The van der Waals surface area contributed by atoms with Crippen molar-refractivity contribution in [1.29, 1.82) is 0 Å². The number of rotatable bonds is 3. The average molecular weight is 206 g/mol. The third-order valence-corrected chi connectivity index (χ3v) is 1.96. The van der Waals surface area contributed by atoms with Gasteiger partial charge in [0.15, 0.2) is 0 Å². The second-order valence-electron chi connectivity index (χ2n) is 3.16. The monoisotopic (exact) mass is 206 g/mol. The van der Waals surface area contributed by atoms with E-state index in [1.807, 2.05) is 6.92 Å². The first-order valence-electron chi connectivity index (χ1n) is 4.81. The van der Waals surface area contributed by atoms with Gasteiger partial charge in [-0.1, -0.05) is 19.1 Å². The van der Waals surface area contributed by atoms with Crippen LogP contribution in [0.2, 0.25) is 0 Å². The maximum absolute atomic E-state index is 11.5. The van der Waals surface area contributed by atoms with Crippen LogP contribution in [-0.4, -0.2) is 11.1 Å². The number of benzene rings is 1. The molecule has 0 saturated carbocycles. The van der Waals surface area contributed by atoms with Crippen LogP contribution < -0.4 is 0 Å². The fourth-order valence-corrected chi connectivity index (χ4v) is 1.09. The fraction of sp³-hybridized carbons (Fsp3) is 0.250. The molecule has 3 nitrogen and oxygen atoms in total. The van der Waals surface area contributed by atoms with Crippen LogP contribution in [0.4, 0.5) is 0 Å². The Labute approximate surface area is 89.0 Å². The number of para-hydroxylation sites is 1. The molecule has 0 fully saturated rings. The zero-order valence-electron chi connectivity index (χ0n) is 8.86. The zero-order valence-corrected chi connectivity index (χ0v) is 8.86. The molecule has 0 aliphatic rings. The standard InChI is InChI=1S/C12H14O3/c1-3-4-8-15-12(14)10-7-5-6-9(2)11(10)13/h4-8,13H,3H2,1-2H3/b8-4+. The van der Waals surface area contributed by atoms with Crippen molar-refractivity contribution in [3.63, 3.8) is 0 Å². The number of carbonyl (C=O) groups excluding carboxylic acids is 1. The minimum Gasteiger partial charge on any atom is -0.507 e. The van der Waals surface area contributed by atoms with Crippen molar-refractivity contribution < 1.29 is 14.6 Å². The predicted molar refractivity (Wildman–Crippen MR) is 57.7 cm³/mol. The number of aromatic hydroxyl groups is 1. The van der Waals surface area contributed by atoms with Crippen molar-refractivity contribution >= 4 is 5.97 Å². The van der Waals surface area contributed by atoms with E-state index in [0.29, 0.717) is 5.56 Å². The SMILES string of the molecule is CC/C=C/OC(=O)c1cccc(C)c1O. The van der Waals surface area contributed by atoms with Gasteiger partial charge in [0, 0.05) is 0 Å². The summed E-state index contributed by atoms with van der Waals surface area (Å²) in [5.41, 5.74) is 0.847. The van der Waals surface area contributed by atoms with Crippen LogP contribution in [-0.2, 0) is 4.74 Å². The predicted octanol–water partition coefficient (Wildman–Crippen LogP) is 2.78. The van der Waals surface area contributed by atoms with Crippen LogP contribution in [0.25, 0.3) is 0 Å². The van der Waals surface area contributed by atoms with Crippen LogP contribution in [0.3, 0.4) is 0 Å². The molecule has 80 valence electrons. The molecule has 1 N–H and O–H groups in total. The Morgan fingerprint density at radius 1 is 1.53 bits per heavy atom.